The van der Waals surface area contributed by atoms with Crippen molar-refractivity contribution in [3.05, 3.63) is 46.6 Å². The minimum atomic E-state index is -2.70. The third-order valence-corrected chi connectivity index (χ3v) is 5.71. The van der Waals surface area contributed by atoms with Crippen LogP contribution in [0, 0.1) is 6.92 Å². The van der Waals surface area contributed by atoms with Crippen LogP contribution in [0.2, 0.25) is 0 Å². The predicted molar refractivity (Wildman–Crippen MR) is 112 cm³/mol. The van der Waals surface area contributed by atoms with Gasteiger partial charge in [-0.15, -0.1) is 5.10 Å². The van der Waals surface area contributed by atoms with Crippen molar-refractivity contribution >= 4 is 0 Å². The summed E-state index contributed by atoms with van der Waals surface area (Å²) in [6, 6.07) is 8.11. The third kappa shape index (κ3) is 4.62. The third-order valence-electron chi connectivity index (χ3n) is 5.71. The molecule has 3 rings (SSSR count). The highest BCUT2D eigenvalue weighted by atomic mass is 16.8. The van der Waals surface area contributed by atoms with Gasteiger partial charge in [-0.25, -0.2) is 0 Å². The summed E-state index contributed by atoms with van der Waals surface area (Å²) in [6.45, 7) is 7.18. The molecule has 1 aliphatic heterocycles. The van der Waals surface area contributed by atoms with Crippen LogP contribution in [-0.2, 0) is 17.6 Å². The molecule has 1 aliphatic rings. The van der Waals surface area contributed by atoms with Gasteiger partial charge in [0.1, 0.15) is 18.3 Å². The van der Waals surface area contributed by atoms with Gasteiger partial charge in [-0.3, -0.25) is 4.68 Å². The van der Waals surface area contributed by atoms with Crippen molar-refractivity contribution in [2.45, 2.75) is 77.0 Å². The number of rotatable bonds is 7. The van der Waals surface area contributed by atoms with Gasteiger partial charge < -0.3 is 35.0 Å². The average molecular weight is 437 g/mol. The standard InChI is InChI=1S/C22H32N2O7/c1-5-14-6-8-15(9-7-14)10-16-13(4)24(12(2)3)23-21(16)31-22(29)20(28)19(27)18(26)17(11-25)30-22/h6-9,12,17-20,25-29H,5,10-11H2,1-4H3/t17-,18-,19-,20-,22?/m1/s1. The number of aromatic nitrogens is 2. The van der Waals surface area contributed by atoms with Gasteiger partial charge in [0, 0.05) is 23.7 Å². The van der Waals surface area contributed by atoms with E-state index in [2.05, 4.69) is 12.0 Å². The molecule has 5 N–H and O–H groups in total. The molecular weight excluding hydrogens is 404 g/mol. The Balaban J connectivity index is 1.96. The zero-order valence-corrected chi connectivity index (χ0v) is 18.3. The SMILES string of the molecule is CCc1ccc(Cc2c(OC3(O)O[C@H](CO)[C@@H](O)[C@@H](O)[C@H]3O)nn(C(C)C)c2C)cc1. The number of hydrogen-bond acceptors (Lipinski definition) is 8. The lowest BCUT2D eigenvalue weighted by molar-refractivity contribution is -0.423. The Bertz CT molecular complexity index is 881. The van der Waals surface area contributed by atoms with E-state index in [0.717, 1.165) is 17.7 Å². The van der Waals surface area contributed by atoms with Gasteiger partial charge >= 0.3 is 5.97 Å². The monoisotopic (exact) mass is 436 g/mol. The van der Waals surface area contributed by atoms with E-state index < -0.39 is 37.0 Å². The maximum Gasteiger partial charge on any atom is 0.356 e. The molecule has 2 aromatic rings. The first kappa shape index (κ1) is 23.6. The number of hydrogen-bond donors (Lipinski definition) is 5. The largest absolute Gasteiger partial charge is 0.417 e. The second kappa shape index (κ2) is 9.23. The second-order valence-corrected chi connectivity index (χ2v) is 8.25. The van der Waals surface area contributed by atoms with Crippen LogP contribution < -0.4 is 4.74 Å². The lowest BCUT2D eigenvalue weighted by Gasteiger charge is -2.43. The molecule has 0 bridgehead atoms. The fourth-order valence-electron chi connectivity index (χ4n) is 3.76. The van der Waals surface area contributed by atoms with E-state index in [1.807, 2.05) is 45.0 Å². The molecule has 1 unspecified atom stereocenters. The molecule has 1 aromatic heterocycles. The van der Waals surface area contributed by atoms with E-state index in [0.29, 0.717) is 12.0 Å². The normalized spacial score (nSPS) is 28.8. The lowest BCUT2D eigenvalue weighted by atomic mass is 9.98. The molecule has 1 fully saturated rings. The molecular formula is C22H32N2O7. The lowest BCUT2D eigenvalue weighted by Crippen LogP contribution is -2.67. The average Bonchev–Trinajstić information content (AvgIpc) is 3.05. The summed E-state index contributed by atoms with van der Waals surface area (Å²) in [6.07, 6.45) is -5.31. The van der Waals surface area contributed by atoms with Crippen LogP contribution in [0.1, 0.15) is 49.2 Å². The minimum Gasteiger partial charge on any atom is -0.417 e. The smallest absolute Gasteiger partial charge is 0.356 e. The Morgan fingerprint density at radius 3 is 2.29 bits per heavy atom. The molecule has 1 saturated heterocycles. The van der Waals surface area contributed by atoms with Gasteiger partial charge in [-0.2, -0.15) is 0 Å². The molecule has 0 aliphatic carbocycles. The Morgan fingerprint density at radius 2 is 1.74 bits per heavy atom. The van der Waals surface area contributed by atoms with Gasteiger partial charge in [0.2, 0.25) is 5.88 Å². The molecule has 0 spiro atoms. The Morgan fingerprint density at radius 1 is 1.13 bits per heavy atom. The molecule has 9 nitrogen and oxygen atoms in total. The Labute approximate surface area is 181 Å². The van der Waals surface area contributed by atoms with Crippen LogP contribution in [0.25, 0.3) is 0 Å². The molecule has 2 heterocycles. The molecule has 0 amide bonds. The Kier molecular flexibility index (Phi) is 7.04. The molecule has 1 aromatic carbocycles. The predicted octanol–water partition coefficient (Wildman–Crippen LogP) is 0.424. The van der Waals surface area contributed by atoms with Crippen molar-refractivity contribution in [2.24, 2.45) is 0 Å². The van der Waals surface area contributed by atoms with Gasteiger partial charge in [0.25, 0.3) is 0 Å². The van der Waals surface area contributed by atoms with Crippen LogP contribution in [0.5, 0.6) is 5.88 Å². The number of aryl methyl sites for hydroxylation is 1. The van der Waals surface area contributed by atoms with Gasteiger partial charge in [-0.1, -0.05) is 31.2 Å². The van der Waals surface area contributed by atoms with E-state index in [9.17, 15) is 25.5 Å². The van der Waals surface area contributed by atoms with Crippen LogP contribution in [0.4, 0.5) is 0 Å². The Hall–Kier alpha value is -2.01. The highest BCUT2D eigenvalue weighted by molar-refractivity contribution is 5.37. The quantitative estimate of drug-likeness (QED) is 0.394. The van der Waals surface area contributed by atoms with E-state index in [1.165, 1.54) is 5.56 Å². The van der Waals surface area contributed by atoms with Gasteiger partial charge in [-0.05, 0) is 38.3 Å². The van der Waals surface area contributed by atoms with Crippen molar-refractivity contribution in [1.29, 1.82) is 0 Å². The number of aliphatic hydroxyl groups is 5. The molecule has 9 heteroatoms. The highest BCUT2D eigenvalue weighted by Crippen LogP contribution is 2.34. The minimum absolute atomic E-state index is 0.00279. The van der Waals surface area contributed by atoms with Crippen molar-refractivity contribution in [3.63, 3.8) is 0 Å². The van der Waals surface area contributed by atoms with Crippen molar-refractivity contribution in [1.82, 2.24) is 9.78 Å². The first-order valence-electron chi connectivity index (χ1n) is 10.5. The maximum atomic E-state index is 10.9. The number of aliphatic hydroxyl groups excluding tert-OH is 4. The molecule has 172 valence electrons. The molecule has 5 atom stereocenters. The molecule has 0 saturated carbocycles. The summed E-state index contributed by atoms with van der Waals surface area (Å²) >= 11 is 0. The maximum absolute atomic E-state index is 10.9. The van der Waals surface area contributed by atoms with Crippen molar-refractivity contribution < 1.29 is 35.0 Å². The zero-order valence-electron chi connectivity index (χ0n) is 18.3. The van der Waals surface area contributed by atoms with E-state index in [1.54, 1.807) is 4.68 Å². The van der Waals surface area contributed by atoms with Gasteiger partial charge in [0.15, 0.2) is 6.10 Å². The summed E-state index contributed by atoms with van der Waals surface area (Å²) in [7, 11) is 0. The number of nitrogens with zero attached hydrogens (tertiary/aromatic N) is 2. The number of benzene rings is 1. The van der Waals surface area contributed by atoms with Crippen molar-refractivity contribution in [2.75, 3.05) is 6.61 Å². The summed E-state index contributed by atoms with van der Waals surface area (Å²) in [5, 5.41) is 55.1. The topological polar surface area (TPSA) is 137 Å². The molecule has 0 radical (unpaired) electrons. The molecule has 31 heavy (non-hydrogen) atoms. The van der Waals surface area contributed by atoms with Crippen LogP contribution in [0.3, 0.4) is 0 Å². The van der Waals surface area contributed by atoms with E-state index >= 15 is 0 Å². The van der Waals surface area contributed by atoms with Crippen molar-refractivity contribution in [3.8, 4) is 5.88 Å². The van der Waals surface area contributed by atoms with E-state index in [-0.39, 0.29) is 11.9 Å². The summed E-state index contributed by atoms with van der Waals surface area (Å²) in [4.78, 5) is 0. The fraction of sp³-hybridized carbons (Fsp3) is 0.591. The van der Waals surface area contributed by atoms with Gasteiger partial charge in [0.05, 0.1) is 6.61 Å². The summed E-state index contributed by atoms with van der Waals surface area (Å²) in [5.74, 6) is -2.66. The summed E-state index contributed by atoms with van der Waals surface area (Å²) < 4.78 is 12.6. The van der Waals surface area contributed by atoms with Crippen LogP contribution >= 0.6 is 0 Å². The van der Waals surface area contributed by atoms with Crippen LogP contribution in [0.15, 0.2) is 24.3 Å². The zero-order chi connectivity index (χ0) is 22.9. The second-order valence-electron chi connectivity index (χ2n) is 8.25. The first-order chi connectivity index (χ1) is 14.6. The van der Waals surface area contributed by atoms with Crippen LogP contribution in [-0.4, -0.2) is 72.3 Å². The highest BCUT2D eigenvalue weighted by Gasteiger charge is 2.55. The first-order valence-corrected chi connectivity index (χ1v) is 10.5. The summed E-state index contributed by atoms with van der Waals surface area (Å²) in [5.41, 5.74) is 3.72. The van der Waals surface area contributed by atoms with E-state index in [4.69, 9.17) is 9.47 Å². The number of ether oxygens (including phenoxy) is 2. The fourth-order valence-corrected chi connectivity index (χ4v) is 3.76.